The van der Waals surface area contributed by atoms with Gasteiger partial charge >= 0.3 is 6.18 Å². The number of nitrogens with zero attached hydrogens (tertiary/aromatic N) is 2. The number of halogens is 3. The monoisotopic (exact) mass is 463 g/mol. The molecule has 0 bridgehead atoms. The third-order valence-electron chi connectivity index (χ3n) is 4.56. The van der Waals surface area contributed by atoms with E-state index in [0.717, 1.165) is 40.6 Å². The molecule has 0 aliphatic carbocycles. The molecule has 0 spiro atoms. The zero-order chi connectivity index (χ0) is 21.8. The smallest absolute Gasteiger partial charge is 0.420 e. The second-order valence-corrected chi connectivity index (χ2v) is 8.80. The molecule has 0 saturated heterocycles. The maximum absolute atomic E-state index is 13.5. The molecular weight excluding hydrogens is 443 g/mol. The van der Waals surface area contributed by atoms with Gasteiger partial charge in [-0.3, -0.25) is 0 Å². The molecule has 4 nitrogen and oxygen atoms in total. The number of nitrogens with one attached hydrogen (secondary N) is 1. The van der Waals surface area contributed by atoms with Crippen LogP contribution in [0.25, 0.3) is 20.9 Å². The van der Waals surface area contributed by atoms with Crippen LogP contribution in [-0.4, -0.2) is 16.6 Å². The number of aromatic nitrogens is 2. The first-order chi connectivity index (χ1) is 14.9. The Morgan fingerprint density at radius 2 is 1.90 bits per heavy atom. The standard InChI is InChI=1S/C22H20F3N3OS2/c1-2-3-6-11-29-18-10-9-14(12-15(18)22(23,24)25)26-21-28-17(13-30-21)20-27-16-7-4-5-8-19(16)31-20/h4-5,7-10,12-13H,2-3,6,11H2,1H3,(H,26,28). The highest BCUT2D eigenvalue weighted by Gasteiger charge is 2.34. The number of anilines is 2. The summed E-state index contributed by atoms with van der Waals surface area (Å²) in [5.74, 6) is -0.150. The third kappa shape index (κ3) is 5.16. The Balaban J connectivity index is 1.52. The fourth-order valence-electron chi connectivity index (χ4n) is 3.02. The number of rotatable bonds is 8. The van der Waals surface area contributed by atoms with Crippen LogP contribution in [-0.2, 0) is 6.18 Å². The quantitative estimate of drug-likeness (QED) is 0.271. The minimum absolute atomic E-state index is 0.150. The number of alkyl halides is 3. The second-order valence-electron chi connectivity index (χ2n) is 6.91. The molecule has 0 unspecified atom stereocenters. The summed E-state index contributed by atoms with van der Waals surface area (Å²) in [6.45, 7) is 2.30. The largest absolute Gasteiger partial charge is 0.493 e. The van der Waals surface area contributed by atoms with Crippen molar-refractivity contribution in [2.24, 2.45) is 0 Å². The molecule has 9 heteroatoms. The first kappa shape index (κ1) is 21.6. The van der Waals surface area contributed by atoms with Crippen molar-refractivity contribution in [3.8, 4) is 16.5 Å². The van der Waals surface area contributed by atoms with Crippen LogP contribution >= 0.6 is 22.7 Å². The molecule has 0 radical (unpaired) electrons. The lowest BCUT2D eigenvalue weighted by molar-refractivity contribution is -0.138. The lowest BCUT2D eigenvalue weighted by atomic mass is 10.1. The van der Waals surface area contributed by atoms with E-state index in [1.807, 2.05) is 36.6 Å². The van der Waals surface area contributed by atoms with Crippen LogP contribution in [0.15, 0.2) is 47.8 Å². The summed E-state index contributed by atoms with van der Waals surface area (Å²) in [5, 5.41) is 6.09. The minimum atomic E-state index is -4.51. The van der Waals surface area contributed by atoms with Gasteiger partial charge in [-0.05, 0) is 36.8 Å². The second kappa shape index (κ2) is 9.23. The summed E-state index contributed by atoms with van der Waals surface area (Å²) < 4.78 is 47.1. The topological polar surface area (TPSA) is 47.0 Å². The van der Waals surface area contributed by atoms with Crippen molar-refractivity contribution < 1.29 is 17.9 Å². The first-order valence-corrected chi connectivity index (χ1v) is 11.6. The molecule has 2 aromatic heterocycles. The molecule has 31 heavy (non-hydrogen) atoms. The average molecular weight is 464 g/mol. The fourth-order valence-corrected chi connectivity index (χ4v) is 4.74. The van der Waals surface area contributed by atoms with Crippen LogP contribution in [0.2, 0.25) is 0 Å². The number of unbranched alkanes of at least 4 members (excludes halogenated alkanes) is 2. The average Bonchev–Trinajstić information content (AvgIpc) is 3.38. The van der Waals surface area contributed by atoms with Gasteiger partial charge in [0.05, 0.1) is 22.4 Å². The summed E-state index contributed by atoms with van der Waals surface area (Å²) in [5.41, 5.74) is 1.10. The number of hydrogen-bond acceptors (Lipinski definition) is 6. The number of para-hydroxylation sites is 1. The third-order valence-corrected chi connectivity index (χ3v) is 6.38. The van der Waals surface area contributed by atoms with Crippen molar-refractivity contribution in [3.05, 3.63) is 53.4 Å². The zero-order valence-electron chi connectivity index (χ0n) is 16.7. The van der Waals surface area contributed by atoms with Gasteiger partial charge in [0.25, 0.3) is 0 Å². The number of fused-ring (bicyclic) bond motifs is 1. The molecule has 1 N–H and O–H groups in total. The van der Waals surface area contributed by atoms with Crippen LogP contribution < -0.4 is 10.1 Å². The summed E-state index contributed by atoms with van der Waals surface area (Å²) in [6.07, 6.45) is -1.89. The highest BCUT2D eigenvalue weighted by atomic mass is 32.1. The molecule has 2 heterocycles. The Morgan fingerprint density at radius 1 is 1.06 bits per heavy atom. The summed E-state index contributed by atoms with van der Waals surface area (Å²) >= 11 is 2.85. The normalized spacial score (nSPS) is 11.7. The van der Waals surface area contributed by atoms with Crippen molar-refractivity contribution in [2.75, 3.05) is 11.9 Å². The molecule has 4 rings (SSSR count). The van der Waals surface area contributed by atoms with E-state index >= 15 is 0 Å². The maximum atomic E-state index is 13.5. The number of thiazole rings is 2. The molecule has 2 aromatic carbocycles. The van der Waals surface area contributed by atoms with Gasteiger partial charge in [-0.2, -0.15) is 13.2 Å². The zero-order valence-corrected chi connectivity index (χ0v) is 18.3. The molecule has 0 saturated carbocycles. The Kier molecular flexibility index (Phi) is 6.43. The number of ether oxygens (including phenoxy) is 1. The molecule has 4 aromatic rings. The number of benzene rings is 2. The molecule has 0 fully saturated rings. The van der Waals surface area contributed by atoms with Gasteiger partial charge < -0.3 is 10.1 Å². The first-order valence-electron chi connectivity index (χ1n) is 9.86. The van der Waals surface area contributed by atoms with E-state index in [2.05, 4.69) is 15.3 Å². The van der Waals surface area contributed by atoms with Gasteiger partial charge in [0, 0.05) is 11.1 Å². The lowest BCUT2D eigenvalue weighted by Gasteiger charge is -2.15. The van der Waals surface area contributed by atoms with E-state index in [9.17, 15) is 13.2 Å². The molecule has 0 aliphatic heterocycles. The van der Waals surface area contributed by atoms with Crippen molar-refractivity contribution in [3.63, 3.8) is 0 Å². The molecule has 0 atom stereocenters. The van der Waals surface area contributed by atoms with Gasteiger partial charge in [-0.1, -0.05) is 31.9 Å². The summed E-state index contributed by atoms with van der Waals surface area (Å²) in [7, 11) is 0. The van der Waals surface area contributed by atoms with E-state index in [0.29, 0.717) is 16.5 Å². The molecule has 162 valence electrons. The SMILES string of the molecule is CCCCCOc1ccc(Nc2nc(-c3nc4ccccc4s3)cs2)cc1C(F)(F)F. The highest BCUT2D eigenvalue weighted by Crippen LogP contribution is 2.39. The van der Waals surface area contributed by atoms with Crippen molar-refractivity contribution in [1.29, 1.82) is 0 Å². The number of hydrogen-bond donors (Lipinski definition) is 1. The highest BCUT2D eigenvalue weighted by molar-refractivity contribution is 7.22. The van der Waals surface area contributed by atoms with E-state index in [1.54, 1.807) is 6.07 Å². The van der Waals surface area contributed by atoms with Crippen LogP contribution in [0.5, 0.6) is 5.75 Å². The predicted molar refractivity (Wildman–Crippen MR) is 120 cm³/mol. The van der Waals surface area contributed by atoms with Crippen LogP contribution in [0.3, 0.4) is 0 Å². The van der Waals surface area contributed by atoms with Gasteiger partial charge in [-0.15, -0.1) is 22.7 Å². The van der Waals surface area contributed by atoms with Gasteiger partial charge in [0.2, 0.25) is 0 Å². The van der Waals surface area contributed by atoms with E-state index < -0.39 is 11.7 Å². The van der Waals surface area contributed by atoms with E-state index in [4.69, 9.17) is 4.74 Å². The van der Waals surface area contributed by atoms with Gasteiger partial charge in [0.15, 0.2) is 5.13 Å². The lowest BCUT2D eigenvalue weighted by Crippen LogP contribution is -2.10. The fraction of sp³-hybridized carbons (Fsp3) is 0.273. The summed E-state index contributed by atoms with van der Waals surface area (Å²) in [6, 6.07) is 11.8. The Hall–Kier alpha value is -2.65. The Bertz CT molecular complexity index is 1140. The maximum Gasteiger partial charge on any atom is 0.420 e. The van der Waals surface area contributed by atoms with Gasteiger partial charge in [-0.25, -0.2) is 9.97 Å². The molecular formula is C22H20F3N3OS2. The van der Waals surface area contributed by atoms with E-state index in [-0.39, 0.29) is 12.4 Å². The molecule has 0 aliphatic rings. The van der Waals surface area contributed by atoms with Crippen LogP contribution in [0.1, 0.15) is 31.7 Å². The molecule has 0 amide bonds. The van der Waals surface area contributed by atoms with Crippen molar-refractivity contribution in [1.82, 2.24) is 9.97 Å². The van der Waals surface area contributed by atoms with Crippen molar-refractivity contribution >= 4 is 43.7 Å². The van der Waals surface area contributed by atoms with Crippen LogP contribution in [0.4, 0.5) is 24.0 Å². The minimum Gasteiger partial charge on any atom is -0.493 e. The summed E-state index contributed by atoms with van der Waals surface area (Å²) in [4.78, 5) is 9.07. The van der Waals surface area contributed by atoms with Crippen molar-refractivity contribution in [2.45, 2.75) is 32.4 Å². The van der Waals surface area contributed by atoms with Crippen LogP contribution in [0, 0.1) is 0 Å². The Labute approximate surface area is 185 Å². The Morgan fingerprint density at radius 3 is 2.68 bits per heavy atom. The van der Waals surface area contributed by atoms with E-state index in [1.165, 1.54) is 28.7 Å². The van der Waals surface area contributed by atoms with Gasteiger partial charge in [0.1, 0.15) is 16.5 Å². The predicted octanol–water partition coefficient (Wildman–Crippen LogP) is 7.75.